The van der Waals surface area contributed by atoms with E-state index in [9.17, 15) is 10.1 Å². The number of ether oxygens (including phenoxy) is 1. The smallest absolute Gasteiger partial charge is 0.288 e. The molecule has 0 aromatic carbocycles. The number of anilines is 1. The Morgan fingerprint density at radius 2 is 2.47 bits per heavy atom. The average molecular weight is 302 g/mol. The van der Waals surface area contributed by atoms with E-state index in [2.05, 4.69) is 26.2 Å². The first-order chi connectivity index (χ1) is 8.08. The number of aromatic nitrogens is 1. The summed E-state index contributed by atoms with van der Waals surface area (Å²) in [6, 6.07) is 1.63. The Morgan fingerprint density at radius 3 is 3.00 bits per heavy atom. The average Bonchev–Trinajstić information content (AvgIpc) is 2.67. The Labute approximate surface area is 107 Å². The highest BCUT2D eigenvalue weighted by molar-refractivity contribution is 9.10. The molecule has 0 amide bonds. The predicted octanol–water partition coefficient (Wildman–Crippen LogP) is 2.34. The highest BCUT2D eigenvalue weighted by atomic mass is 79.9. The van der Waals surface area contributed by atoms with Crippen molar-refractivity contribution in [3.8, 4) is 0 Å². The maximum absolute atomic E-state index is 10.6. The van der Waals surface area contributed by atoms with Gasteiger partial charge in [0, 0.05) is 12.7 Å². The third-order valence-corrected chi connectivity index (χ3v) is 3.34. The van der Waals surface area contributed by atoms with Crippen molar-refractivity contribution in [3.63, 3.8) is 0 Å². The minimum Gasteiger partial charge on any atom is -0.376 e. The van der Waals surface area contributed by atoms with Crippen molar-refractivity contribution in [3.05, 3.63) is 26.9 Å². The molecular weight excluding hydrogens is 290 g/mol. The van der Waals surface area contributed by atoms with Gasteiger partial charge in [-0.2, -0.15) is 0 Å². The molecule has 2 unspecified atom stereocenters. The van der Waals surface area contributed by atoms with Gasteiger partial charge in [0.2, 0.25) is 0 Å². The highest BCUT2D eigenvalue weighted by Gasteiger charge is 2.25. The van der Waals surface area contributed by atoms with Crippen LogP contribution >= 0.6 is 15.9 Å². The second kappa shape index (κ2) is 4.97. The fraction of sp³-hybridized carbons (Fsp3) is 0.500. The molecule has 7 heteroatoms. The molecule has 1 aromatic heterocycles. The monoisotopic (exact) mass is 301 g/mol. The lowest BCUT2D eigenvalue weighted by molar-refractivity contribution is -0.385. The normalized spacial score (nSPS) is 23.6. The van der Waals surface area contributed by atoms with Gasteiger partial charge in [0.1, 0.15) is 12.0 Å². The van der Waals surface area contributed by atoms with Crippen LogP contribution < -0.4 is 5.32 Å². The maximum Gasteiger partial charge on any atom is 0.288 e. The van der Waals surface area contributed by atoms with Gasteiger partial charge in [-0.15, -0.1) is 0 Å². The van der Waals surface area contributed by atoms with Crippen LogP contribution in [0.25, 0.3) is 0 Å². The number of halogens is 1. The van der Waals surface area contributed by atoms with Crippen LogP contribution in [0.15, 0.2) is 16.7 Å². The van der Waals surface area contributed by atoms with Crippen molar-refractivity contribution in [1.82, 2.24) is 4.98 Å². The molecule has 2 atom stereocenters. The number of hydrogen-bond donors (Lipinski definition) is 1. The van der Waals surface area contributed by atoms with Gasteiger partial charge in [0.05, 0.1) is 21.5 Å². The van der Waals surface area contributed by atoms with Crippen molar-refractivity contribution < 1.29 is 9.66 Å². The van der Waals surface area contributed by atoms with E-state index in [1.54, 1.807) is 0 Å². The largest absolute Gasteiger partial charge is 0.376 e. The SMILES string of the molecule is CC1OCCC1Nc1ncc([N+](=O)[O-])cc1Br. The number of rotatable bonds is 3. The van der Waals surface area contributed by atoms with Crippen LogP contribution in [0.3, 0.4) is 0 Å². The molecule has 1 aliphatic heterocycles. The molecule has 2 heterocycles. The first-order valence-corrected chi connectivity index (χ1v) is 6.05. The van der Waals surface area contributed by atoms with Gasteiger partial charge in [0.15, 0.2) is 0 Å². The van der Waals surface area contributed by atoms with Gasteiger partial charge in [-0.25, -0.2) is 4.98 Å². The molecule has 1 aliphatic rings. The lowest BCUT2D eigenvalue weighted by Gasteiger charge is -2.17. The predicted molar refractivity (Wildman–Crippen MR) is 66.0 cm³/mol. The standard InChI is InChI=1S/C10H12BrN3O3/c1-6-9(2-3-17-6)13-10-8(11)4-7(5-12-10)14(15)16/h4-6,9H,2-3H2,1H3,(H,12,13). The molecular formula is C10H12BrN3O3. The first-order valence-electron chi connectivity index (χ1n) is 5.26. The molecule has 1 aromatic rings. The van der Waals surface area contributed by atoms with Gasteiger partial charge < -0.3 is 10.1 Å². The summed E-state index contributed by atoms with van der Waals surface area (Å²) in [4.78, 5) is 14.1. The summed E-state index contributed by atoms with van der Waals surface area (Å²) in [5.41, 5.74) is -0.0295. The molecule has 2 rings (SSSR count). The van der Waals surface area contributed by atoms with Gasteiger partial charge in [-0.1, -0.05) is 0 Å². The number of nitrogens with zero attached hydrogens (tertiary/aromatic N) is 2. The molecule has 0 aliphatic carbocycles. The lowest BCUT2D eigenvalue weighted by Crippen LogP contribution is -2.27. The third kappa shape index (κ3) is 2.73. The number of nitrogens with one attached hydrogen (secondary N) is 1. The van der Waals surface area contributed by atoms with Crippen LogP contribution in [0.5, 0.6) is 0 Å². The summed E-state index contributed by atoms with van der Waals surface area (Å²) in [6.45, 7) is 2.72. The second-order valence-electron chi connectivity index (χ2n) is 3.90. The molecule has 0 bridgehead atoms. The Kier molecular flexibility index (Phi) is 3.58. The Morgan fingerprint density at radius 1 is 1.71 bits per heavy atom. The molecule has 17 heavy (non-hydrogen) atoms. The van der Waals surface area contributed by atoms with Gasteiger partial charge in [-0.3, -0.25) is 10.1 Å². The minimum atomic E-state index is -0.469. The minimum absolute atomic E-state index is 0.0295. The zero-order chi connectivity index (χ0) is 12.4. The fourth-order valence-electron chi connectivity index (χ4n) is 1.73. The van der Waals surface area contributed by atoms with Crippen molar-refractivity contribution >= 4 is 27.4 Å². The van der Waals surface area contributed by atoms with Crippen molar-refractivity contribution in [2.24, 2.45) is 0 Å². The summed E-state index contributed by atoms with van der Waals surface area (Å²) < 4.78 is 6.01. The quantitative estimate of drug-likeness (QED) is 0.685. The number of nitro groups is 1. The lowest BCUT2D eigenvalue weighted by atomic mass is 10.1. The summed E-state index contributed by atoms with van der Waals surface area (Å²) in [5.74, 6) is 0.609. The van der Waals surface area contributed by atoms with Crippen molar-refractivity contribution in [2.75, 3.05) is 11.9 Å². The van der Waals surface area contributed by atoms with Crippen LogP contribution in [0.2, 0.25) is 0 Å². The zero-order valence-corrected chi connectivity index (χ0v) is 10.8. The van der Waals surface area contributed by atoms with Crippen molar-refractivity contribution in [1.29, 1.82) is 0 Å². The van der Waals surface area contributed by atoms with Crippen LogP contribution in [-0.4, -0.2) is 28.7 Å². The van der Waals surface area contributed by atoms with E-state index in [1.807, 2.05) is 6.92 Å². The Balaban J connectivity index is 2.14. The molecule has 1 fully saturated rings. The van der Waals surface area contributed by atoms with E-state index < -0.39 is 4.92 Å². The van der Waals surface area contributed by atoms with E-state index in [0.29, 0.717) is 10.3 Å². The number of pyridine rings is 1. The maximum atomic E-state index is 10.6. The molecule has 1 saturated heterocycles. The molecule has 0 spiro atoms. The van der Waals surface area contributed by atoms with Crippen LogP contribution in [-0.2, 0) is 4.74 Å². The highest BCUT2D eigenvalue weighted by Crippen LogP contribution is 2.27. The Hall–Kier alpha value is -1.21. The van der Waals surface area contributed by atoms with Crippen molar-refractivity contribution in [2.45, 2.75) is 25.5 Å². The molecule has 0 saturated carbocycles. The van der Waals surface area contributed by atoms with Crippen LogP contribution in [0, 0.1) is 10.1 Å². The van der Waals surface area contributed by atoms with Crippen LogP contribution in [0.4, 0.5) is 11.5 Å². The van der Waals surface area contributed by atoms with E-state index in [1.165, 1.54) is 12.3 Å². The van der Waals surface area contributed by atoms with Gasteiger partial charge in [0.25, 0.3) is 5.69 Å². The van der Waals surface area contributed by atoms with Crippen LogP contribution in [0.1, 0.15) is 13.3 Å². The van der Waals surface area contributed by atoms with Gasteiger partial charge >= 0.3 is 0 Å². The molecule has 0 radical (unpaired) electrons. The zero-order valence-electron chi connectivity index (χ0n) is 9.22. The summed E-state index contributed by atoms with van der Waals surface area (Å²) in [7, 11) is 0. The van der Waals surface area contributed by atoms with E-state index in [-0.39, 0.29) is 17.8 Å². The summed E-state index contributed by atoms with van der Waals surface area (Å²) in [6.07, 6.45) is 2.28. The molecule has 1 N–H and O–H groups in total. The molecule has 92 valence electrons. The first kappa shape index (κ1) is 12.3. The van der Waals surface area contributed by atoms with E-state index >= 15 is 0 Å². The van der Waals surface area contributed by atoms with Gasteiger partial charge in [-0.05, 0) is 29.3 Å². The fourth-order valence-corrected chi connectivity index (χ4v) is 2.18. The topological polar surface area (TPSA) is 77.3 Å². The summed E-state index contributed by atoms with van der Waals surface area (Å²) >= 11 is 3.27. The summed E-state index contributed by atoms with van der Waals surface area (Å²) in [5, 5.41) is 13.8. The number of hydrogen-bond acceptors (Lipinski definition) is 5. The molecule has 6 nitrogen and oxygen atoms in total. The second-order valence-corrected chi connectivity index (χ2v) is 4.75. The third-order valence-electron chi connectivity index (χ3n) is 2.74. The van der Waals surface area contributed by atoms with E-state index in [0.717, 1.165) is 13.0 Å². The Bertz CT molecular complexity index is 441. The van der Waals surface area contributed by atoms with E-state index in [4.69, 9.17) is 4.74 Å².